The fraction of sp³-hybridized carbons (Fsp3) is 0.481. The average Bonchev–Trinajstić information content (AvgIpc) is 2.84. The van der Waals surface area contributed by atoms with Gasteiger partial charge in [-0.15, -0.1) is 12.6 Å². The smallest absolute Gasteiger partial charge is 0.389 e. The number of carbonyl (C=O) groups excluding carboxylic acids is 1. The van der Waals surface area contributed by atoms with Crippen LogP contribution in [0.15, 0.2) is 41.3 Å². The van der Waals surface area contributed by atoms with Gasteiger partial charge in [-0.1, -0.05) is 50.3 Å². The summed E-state index contributed by atoms with van der Waals surface area (Å²) in [7, 11) is 2.91. The molecule has 0 fully saturated rings. The highest BCUT2D eigenvalue weighted by molar-refractivity contribution is 7.80. The van der Waals surface area contributed by atoms with E-state index in [1.54, 1.807) is 44.4 Å². The van der Waals surface area contributed by atoms with Gasteiger partial charge in [0.25, 0.3) is 0 Å². The molecule has 0 atom stereocenters. The molecule has 2 aromatic carbocycles. The predicted octanol–water partition coefficient (Wildman–Crippen LogP) is 7.69. The third-order valence-electron chi connectivity index (χ3n) is 5.62. The average molecular weight is 529 g/mol. The maximum absolute atomic E-state index is 12.0. The van der Waals surface area contributed by atoms with Crippen LogP contribution >= 0.6 is 12.6 Å². The Morgan fingerprint density at radius 3 is 2.00 bits per heavy atom. The summed E-state index contributed by atoms with van der Waals surface area (Å²) in [6.07, 6.45) is 1.25. The molecule has 1 N–H and O–H groups in total. The maximum atomic E-state index is 12.0. The van der Waals surface area contributed by atoms with E-state index >= 15 is 0 Å². The van der Waals surface area contributed by atoms with E-state index in [0.717, 1.165) is 37.7 Å². The number of carboxylic acids is 1. The predicted molar refractivity (Wildman–Crippen MR) is 136 cm³/mol. The van der Waals surface area contributed by atoms with Crippen molar-refractivity contribution in [3.8, 4) is 5.75 Å². The van der Waals surface area contributed by atoms with Crippen molar-refractivity contribution in [1.82, 2.24) is 0 Å². The minimum atomic E-state index is -4.05. The van der Waals surface area contributed by atoms with Crippen LogP contribution in [0.25, 0.3) is 0 Å². The lowest BCUT2D eigenvalue weighted by Crippen LogP contribution is -2.06. The summed E-state index contributed by atoms with van der Waals surface area (Å²) in [6, 6.07) is 10.5. The van der Waals surface area contributed by atoms with E-state index in [4.69, 9.17) is 4.74 Å². The number of methoxy groups -OCH3 is 2. The Morgan fingerprint density at radius 1 is 0.944 bits per heavy atom. The van der Waals surface area contributed by atoms with Crippen LogP contribution in [-0.4, -0.2) is 37.4 Å². The third-order valence-corrected chi connectivity index (χ3v) is 6.16. The van der Waals surface area contributed by atoms with Crippen LogP contribution in [0.3, 0.4) is 0 Å². The van der Waals surface area contributed by atoms with Crippen LogP contribution in [0.5, 0.6) is 5.75 Å². The van der Waals surface area contributed by atoms with Crippen molar-refractivity contribution in [2.45, 2.75) is 75.8 Å². The number of alkyl halides is 3. The Morgan fingerprint density at radius 2 is 1.50 bits per heavy atom. The zero-order chi connectivity index (χ0) is 27.1. The molecule has 0 saturated heterocycles. The first-order chi connectivity index (χ1) is 17.0. The number of aryl methyl sites for hydroxylation is 1. The van der Waals surface area contributed by atoms with E-state index in [-0.39, 0.29) is 18.0 Å². The number of carboxylic acid groups (broad SMARTS) is 1. The number of thiol groups is 1. The molecule has 0 radical (unpaired) electrons. The molecule has 5 nitrogen and oxygen atoms in total. The third kappa shape index (κ3) is 11.4. The summed E-state index contributed by atoms with van der Waals surface area (Å²) in [5, 5.41) is 9.30. The number of halogens is 3. The molecular weight excluding hydrogens is 493 g/mol. The minimum Gasteiger partial charge on any atom is -0.495 e. The van der Waals surface area contributed by atoms with Crippen molar-refractivity contribution in [2.24, 2.45) is 0 Å². The lowest BCUT2D eigenvalue weighted by atomic mass is 9.98. The van der Waals surface area contributed by atoms with Crippen molar-refractivity contribution in [3.05, 3.63) is 58.7 Å². The van der Waals surface area contributed by atoms with E-state index in [2.05, 4.69) is 17.4 Å². The molecule has 0 unspecified atom stereocenters. The number of aromatic carboxylic acids is 1. The quantitative estimate of drug-likeness (QED) is 0.168. The number of carbonyl (C=O) groups is 2. The molecular formula is C27H35F3O5S. The Balaban J connectivity index is 0.000000537. The van der Waals surface area contributed by atoms with Gasteiger partial charge in [-0.05, 0) is 55.5 Å². The molecule has 0 amide bonds. The molecule has 0 bridgehead atoms. The van der Waals surface area contributed by atoms with Crippen molar-refractivity contribution in [3.63, 3.8) is 0 Å². The second kappa shape index (κ2) is 16.1. The van der Waals surface area contributed by atoms with E-state index in [1.165, 1.54) is 7.11 Å². The molecule has 0 spiro atoms. The number of benzene rings is 2. The van der Waals surface area contributed by atoms with Gasteiger partial charge in [0, 0.05) is 6.42 Å². The maximum Gasteiger partial charge on any atom is 0.389 e. The van der Waals surface area contributed by atoms with Crippen LogP contribution in [-0.2, 0) is 11.2 Å². The van der Waals surface area contributed by atoms with Crippen LogP contribution in [0.2, 0.25) is 0 Å². The van der Waals surface area contributed by atoms with E-state index < -0.39 is 18.6 Å². The molecule has 9 heteroatoms. The molecule has 0 aliphatic heterocycles. The van der Waals surface area contributed by atoms with E-state index in [0.29, 0.717) is 34.6 Å². The Labute approximate surface area is 216 Å². The molecule has 0 aliphatic rings. The van der Waals surface area contributed by atoms with Gasteiger partial charge >= 0.3 is 18.1 Å². The number of unbranched alkanes of at least 4 members (excludes halogenated alkanes) is 6. The summed E-state index contributed by atoms with van der Waals surface area (Å²) in [5.41, 5.74) is 2.23. The molecule has 2 aromatic rings. The van der Waals surface area contributed by atoms with Gasteiger partial charge in [-0.3, -0.25) is 0 Å². The van der Waals surface area contributed by atoms with Crippen molar-refractivity contribution in [2.75, 3.05) is 14.2 Å². The van der Waals surface area contributed by atoms with E-state index in [9.17, 15) is 27.9 Å². The van der Waals surface area contributed by atoms with Crippen molar-refractivity contribution >= 4 is 24.6 Å². The van der Waals surface area contributed by atoms with Gasteiger partial charge in [-0.25, -0.2) is 9.59 Å². The van der Waals surface area contributed by atoms with Gasteiger partial charge in [0.2, 0.25) is 0 Å². The van der Waals surface area contributed by atoms with Crippen LogP contribution < -0.4 is 4.74 Å². The fourth-order valence-electron chi connectivity index (χ4n) is 3.65. The summed E-state index contributed by atoms with van der Waals surface area (Å²) in [4.78, 5) is 22.7. The van der Waals surface area contributed by atoms with Gasteiger partial charge in [0.05, 0.1) is 30.2 Å². The normalized spacial score (nSPS) is 10.9. The van der Waals surface area contributed by atoms with E-state index in [1.807, 2.05) is 6.07 Å². The summed E-state index contributed by atoms with van der Waals surface area (Å²) < 4.78 is 46.0. The Kier molecular flexibility index (Phi) is 14.1. The number of rotatable bonds is 12. The first kappa shape index (κ1) is 31.4. The van der Waals surface area contributed by atoms with Crippen molar-refractivity contribution in [1.29, 1.82) is 0 Å². The number of hydrogen-bond donors (Lipinski definition) is 2. The Hall–Kier alpha value is -2.68. The zero-order valence-electron chi connectivity index (χ0n) is 21.0. The standard InChI is InChI=1S/C19H27F3O3S.C8H8O2/c1-13-15(18(23)24)12-14(16(25-2)17(13)26)10-8-6-4-3-5-7-9-11-19(20,21)22;1-10-8(9)7-5-3-2-4-6-7/h12,26H,3-11H2,1-2H3,(H,23,24);2-6H,1H3. The van der Waals surface area contributed by atoms with Gasteiger partial charge in [0.15, 0.2) is 0 Å². The highest BCUT2D eigenvalue weighted by Crippen LogP contribution is 2.34. The molecule has 0 heterocycles. The van der Waals surface area contributed by atoms with Gasteiger partial charge in [-0.2, -0.15) is 13.2 Å². The molecule has 0 aromatic heterocycles. The second-order valence-electron chi connectivity index (χ2n) is 8.34. The first-order valence-electron chi connectivity index (χ1n) is 11.8. The minimum absolute atomic E-state index is 0.201. The Bertz CT molecular complexity index is 962. The van der Waals surface area contributed by atoms with Crippen molar-refractivity contribution < 1.29 is 37.3 Å². The highest BCUT2D eigenvalue weighted by atomic mass is 32.1. The first-order valence-corrected chi connectivity index (χ1v) is 12.3. The van der Waals surface area contributed by atoms with Crippen LogP contribution in [0.1, 0.15) is 83.2 Å². The summed E-state index contributed by atoms with van der Waals surface area (Å²) >= 11 is 4.39. The molecule has 0 saturated carbocycles. The highest BCUT2D eigenvalue weighted by Gasteiger charge is 2.25. The largest absolute Gasteiger partial charge is 0.495 e. The lowest BCUT2D eigenvalue weighted by molar-refractivity contribution is -0.135. The monoisotopic (exact) mass is 528 g/mol. The second-order valence-corrected chi connectivity index (χ2v) is 8.79. The SMILES string of the molecule is COC(=O)c1ccccc1.COc1c(CCCCCCCCCC(F)(F)F)cc(C(=O)O)c(C)c1S. The zero-order valence-corrected chi connectivity index (χ0v) is 21.9. The molecule has 36 heavy (non-hydrogen) atoms. The van der Waals surface area contributed by atoms with Gasteiger partial charge < -0.3 is 14.6 Å². The molecule has 200 valence electrons. The number of hydrogen-bond acceptors (Lipinski definition) is 5. The van der Waals surface area contributed by atoms with Gasteiger partial charge in [0.1, 0.15) is 5.75 Å². The fourth-order valence-corrected chi connectivity index (χ4v) is 4.01. The van der Waals surface area contributed by atoms with Crippen LogP contribution in [0, 0.1) is 6.92 Å². The number of esters is 1. The summed E-state index contributed by atoms with van der Waals surface area (Å²) in [6.45, 7) is 1.71. The molecule has 0 aliphatic carbocycles. The molecule has 2 rings (SSSR count). The number of ether oxygens (including phenoxy) is 2. The summed E-state index contributed by atoms with van der Waals surface area (Å²) in [5.74, 6) is -0.663. The lowest BCUT2D eigenvalue weighted by Gasteiger charge is -2.15. The van der Waals surface area contributed by atoms with Crippen LogP contribution in [0.4, 0.5) is 13.2 Å². The topological polar surface area (TPSA) is 72.8 Å².